The average molecular weight is 451 g/mol. The van der Waals surface area contributed by atoms with Crippen molar-refractivity contribution >= 4 is 0 Å². The van der Waals surface area contributed by atoms with Gasteiger partial charge in [-0.15, -0.1) is 0 Å². The maximum Gasteiger partial charge on any atom is 0.420 e. The monoisotopic (exact) mass is 450 g/mol. The normalized spacial score (nSPS) is 25.6. The van der Waals surface area contributed by atoms with Gasteiger partial charge in [-0.1, -0.05) is 39.7 Å². The first-order valence-electron chi connectivity index (χ1n) is 11.5. The Hall–Kier alpha value is -1.40. The molecule has 0 aromatic heterocycles. The Kier molecular flexibility index (Phi) is 7.21. The van der Waals surface area contributed by atoms with Gasteiger partial charge in [-0.3, -0.25) is 0 Å². The molecule has 2 unspecified atom stereocenters. The highest BCUT2D eigenvalue weighted by Crippen LogP contribution is 2.53. The summed E-state index contributed by atoms with van der Waals surface area (Å²) in [5, 5.41) is 0. The molecule has 1 heterocycles. The summed E-state index contributed by atoms with van der Waals surface area (Å²) in [5.41, 5.74) is -3.05. The molecule has 3 rings (SSSR count). The number of halogens is 6. The number of ether oxygens (including phenoxy) is 1. The third-order valence-corrected chi connectivity index (χ3v) is 7.25. The first-order valence-corrected chi connectivity index (χ1v) is 11.5. The molecular formula is C24H32F6O. The van der Waals surface area contributed by atoms with Crippen molar-refractivity contribution in [2.75, 3.05) is 0 Å². The van der Waals surface area contributed by atoms with E-state index in [1.165, 1.54) is 6.07 Å². The van der Waals surface area contributed by atoms with E-state index < -0.39 is 41.3 Å². The largest absolute Gasteiger partial charge is 0.489 e. The second kappa shape index (κ2) is 9.22. The van der Waals surface area contributed by atoms with Crippen molar-refractivity contribution in [3.8, 4) is 5.75 Å². The summed E-state index contributed by atoms with van der Waals surface area (Å²) < 4.78 is 90.1. The lowest BCUT2D eigenvalue weighted by Crippen LogP contribution is -2.29. The second-order valence-electron chi connectivity index (χ2n) is 9.26. The zero-order valence-electron chi connectivity index (χ0n) is 18.4. The molecule has 0 N–H and O–H groups in total. The highest BCUT2D eigenvalue weighted by atomic mass is 19.4. The van der Waals surface area contributed by atoms with Gasteiger partial charge in [0.2, 0.25) is 0 Å². The van der Waals surface area contributed by atoms with Crippen molar-refractivity contribution < 1.29 is 31.1 Å². The lowest BCUT2D eigenvalue weighted by Gasteiger charge is -2.36. The molecule has 1 fully saturated rings. The lowest BCUT2D eigenvalue weighted by molar-refractivity contribution is -0.164. The molecule has 1 nitrogen and oxygen atoms in total. The second-order valence-corrected chi connectivity index (χ2v) is 9.26. The van der Waals surface area contributed by atoms with Gasteiger partial charge < -0.3 is 4.74 Å². The zero-order chi connectivity index (χ0) is 23.0. The minimum absolute atomic E-state index is 0.182. The van der Waals surface area contributed by atoms with Crippen molar-refractivity contribution in [1.29, 1.82) is 0 Å². The molecule has 1 saturated carbocycles. The summed E-state index contributed by atoms with van der Waals surface area (Å²) in [7, 11) is 0. The minimum Gasteiger partial charge on any atom is -0.489 e. The number of alkyl halides is 6. The van der Waals surface area contributed by atoms with Gasteiger partial charge >= 0.3 is 12.4 Å². The van der Waals surface area contributed by atoms with Gasteiger partial charge in [0.05, 0.1) is 11.7 Å². The van der Waals surface area contributed by atoms with E-state index in [1.807, 2.05) is 6.92 Å². The fraction of sp³-hybridized carbons (Fsp3) is 0.750. The van der Waals surface area contributed by atoms with Crippen LogP contribution in [-0.2, 0) is 18.8 Å². The van der Waals surface area contributed by atoms with Crippen molar-refractivity contribution in [1.82, 2.24) is 0 Å². The molecule has 0 saturated heterocycles. The Labute approximate surface area is 180 Å². The number of fused-ring (bicyclic) bond motifs is 1. The van der Waals surface area contributed by atoms with E-state index >= 15 is 0 Å². The number of benzene rings is 1. The van der Waals surface area contributed by atoms with Gasteiger partial charge in [-0.2, -0.15) is 26.3 Å². The third-order valence-electron chi connectivity index (χ3n) is 7.25. The van der Waals surface area contributed by atoms with Crippen LogP contribution < -0.4 is 4.74 Å². The van der Waals surface area contributed by atoms with Crippen LogP contribution in [0.4, 0.5) is 26.3 Å². The molecular weight excluding hydrogens is 418 g/mol. The third kappa shape index (κ3) is 5.16. The molecule has 1 aromatic carbocycles. The van der Waals surface area contributed by atoms with Crippen LogP contribution in [0.5, 0.6) is 5.75 Å². The van der Waals surface area contributed by atoms with E-state index in [2.05, 4.69) is 13.8 Å². The molecule has 0 bridgehead atoms. The molecule has 31 heavy (non-hydrogen) atoms. The van der Waals surface area contributed by atoms with E-state index in [4.69, 9.17) is 4.74 Å². The van der Waals surface area contributed by atoms with Crippen LogP contribution in [0.25, 0.3) is 0 Å². The minimum atomic E-state index is -5.13. The van der Waals surface area contributed by atoms with E-state index in [9.17, 15) is 26.3 Å². The Bertz CT molecular complexity index is 759. The van der Waals surface area contributed by atoms with Gasteiger partial charge in [-0.05, 0) is 73.8 Å². The maximum atomic E-state index is 14.1. The van der Waals surface area contributed by atoms with Gasteiger partial charge in [0.1, 0.15) is 11.3 Å². The fourth-order valence-corrected chi connectivity index (χ4v) is 5.36. The van der Waals surface area contributed by atoms with Crippen LogP contribution in [0.2, 0.25) is 0 Å². The molecule has 0 spiro atoms. The number of hydrogen-bond acceptors (Lipinski definition) is 1. The van der Waals surface area contributed by atoms with Gasteiger partial charge in [-0.25, -0.2) is 0 Å². The Balaban J connectivity index is 2.08. The molecule has 176 valence electrons. The van der Waals surface area contributed by atoms with Crippen LogP contribution in [0, 0.1) is 11.8 Å². The van der Waals surface area contributed by atoms with Gasteiger partial charge in [0.15, 0.2) is 0 Å². The van der Waals surface area contributed by atoms with Crippen molar-refractivity contribution in [2.45, 2.75) is 103 Å². The summed E-state index contributed by atoms with van der Waals surface area (Å²) in [6.45, 7) is 6.10. The predicted octanol–water partition coefficient (Wildman–Crippen LogP) is 8.54. The van der Waals surface area contributed by atoms with Crippen LogP contribution in [0.3, 0.4) is 0 Å². The molecule has 0 amide bonds. The van der Waals surface area contributed by atoms with Crippen LogP contribution >= 0.6 is 0 Å². The molecule has 2 atom stereocenters. The van der Waals surface area contributed by atoms with Crippen LogP contribution in [0.1, 0.15) is 100 Å². The van der Waals surface area contributed by atoms with Crippen molar-refractivity contribution in [2.24, 2.45) is 11.8 Å². The first kappa shape index (κ1) is 24.2. The summed E-state index contributed by atoms with van der Waals surface area (Å²) in [4.78, 5) is 0. The average Bonchev–Trinajstić information content (AvgIpc) is 2.70. The van der Waals surface area contributed by atoms with Crippen LogP contribution in [0.15, 0.2) is 6.07 Å². The molecule has 2 aliphatic rings. The van der Waals surface area contributed by atoms with Gasteiger partial charge in [0, 0.05) is 0 Å². The first-order chi connectivity index (χ1) is 14.5. The van der Waals surface area contributed by atoms with Crippen molar-refractivity contribution in [3.63, 3.8) is 0 Å². The van der Waals surface area contributed by atoms with E-state index in [0.717, 1.165) is 19.3 Å². The van der Waals surface area contributed by atoms with E-state index in [-0.39, 0.29) is 11.1 Å². The van der Waals surface area contributed by atoms with E-state index in [1.54, 1.807) is 0 Å². The smallest absolute Gasteiger partial charge is 0.420 e. The Morgan fingerprint density at radius 3 is 2.06 bits per heavy atom. The SMILES string of the molecule is CCCC1CCc2cc(C3CCC(C(C)CC)CC3)c(C(F)(F)F)c(C(F)(F)F)c2O1. The highest BCUT2D eigenvalue weighted by Gasteiger charge is 2.50. The standard InChI is InChI=1S/C24H32F6O/c1-4-6-18-12-11-17-13-19(16-9-7-15(8-10-16)14(3)5-2)20(23(25,26)27)21(22(17)31-18)24(28,29)30/h13-16,18H,4-12H2,1-3H3. The Morgan fingerprint density at radius 1 is 0.935 bits per heavy atom. The number of rotatable bonds is 5. The molecule has 1 aliphatic heterocycles. The summed E-state index contributed by atoms with van der Waals surface area (Å²) >= 11 is 0. The van der Waals surface area contributed by atoms with E-state index in [0.29, 0.717) is 50.4 Å². The fourth-order valence-electron chi connectivity index (χ4n) is 5.36. The van der Waals surface area contributed by atoms with Crippen LogP contribution in [-0.4, -0.2) is 6.10 Å². The predicted molar refractivity (Wildman–Crippen MR) is 108 cm³/mol. The molecule has 1 aromatic rings. The maximum absolute atomic E-state index is 14.1. The molecule has 1 aliphatic carbocycles. The summed E-state index contributed by atoms with van der Waals surface area (Å²) in [5.74, 6) is -0.201. The summed E-state index contributed by atoms with van der Waals surface area (Å²) in [6.07, 6.45) is -5.13. The molecule has 0 radical (unpaired) electrons. The quantitative estimate of drug-likeness (QED) is 0.409. The number of aryl methyl sites for hydroxylation is 1. The highest BCUT2D eigenvalue weighted by molar-refractivity contribution is 5.55. The molecule has 7 heteroatoms. The Morgan fingerprint density at radius 2 is 1.55 bits per heavy atom. The van der Waals surface area contributed by atoms with Gasteiger partial charge in [0.25, 0.3) is 0 Å². The zero-order valence-corrected chi connectivity index (χ0v) is 18.4. The van der Waals surface area contributed by atoms with Crippen molar-refractivity contribution in [3.05, 3.63) is 28.3 Å². The summed E-state index contributed by atoms with van der Waals surface area (Å²) in [6, 6.07) is 1.38. The topological polar surface area (TPSA) is 9.23 Å². The lowest BCUT2D eigenvalue weighted by atomic mass is 9.72. The number of hydrogen-bond donors (Lipinski definition) is 0.